The standard InChI is InChI=1S/C15H21FO/c16-14-7-5-8-15(12-14)17-11-4-2-1-3-6-13-9-10-13/h5,7-8,12-13H,1-4,6,9-11H2. The minimum absolute atomic E-state index is 0.230. The van der Waals surface area contributed by atoms with E-state index in [0.717, 1.165) is 12.3 Å². The van der Waals surface area contributed by atoms with Crippen molar-refractivity contribution in [3.05, 3.63) is 30.1 Å². The van der Waals surface area contributed by atoms with E-state index in [-0.39, 0.29) is 5.82 Å². The highest BCUT2D eigenvalue weighted by atomic mass is 19.1. The number of halogens is 1. The van der Waals surface area contributed by atoms with Crippen molar-refractivity contribution in [1.82, 2.24) is 0 Å². The summed E-state index contributed by atoms with van der Waals surface area (Å²) >= 11 is 0. The monoisotopic (exact) mass is 236 g/mol. The summed E-state index contributed by atoms with van der Waals surface area (Å²) in [6, 6.07) is 6.36. The Morgan fingerprint density at radius 2 is 1.94 bits per heavy atom. The molecule has 1 aliphatic carbocycles. The average Bonchev–Trinajstić information content (AvgIpc) is 3.12. The fraction of sp³-hybridized carbons (Fsp3) is 0.600. The van der Waals surface area contributed by atoms with Crippen LogP contribution in [0, 0.1) is 11.7 Å². The van der Waals surface area contributed by atoms with Crippen molar-refractivity contribution in [2.24, 2.45) is 5.92 Å². The highest BCUT2D eigenvalue weighted by molar-refractivity contribution is 5.22. The summed E-state index contributed by atoms with van der Waals surface area (Å²) in [6.07, 6.45) is 9.31. The quantitative estimate of drug-likeness (QED) is 0.601. The van der Waals surface area contributed by atoms with Crippen molar-refractivity contribution in [2.45, 2.75) is 44.9 Å². The summed E-state index contributed by atoms with van der Waals surface area (Å²) in [6.45, 7) is 0.701. The topological polar surface area (TPSA) is 9.23 Å². The van der Waals surface area contributed by atoms with E-state index in [4.69, 9.17) is 4.74 Å². The van der Waals surface area contributed by atoms with Gasteiger partial charge < -0.3 is 4.74 Å². The van der Waals surface area contributed by atoms with Gasteiger partial charge in [-0.05, 0) is 24.5 Å². The van der Waals surface area contributed by atoms with Crippen molar-refractivity contribution in [1.29, 1.82) is 0 Å². The molecule has 0 radical (unpaired) electrons. The Morgan fingerprint density at radius 1 is 1.12 bits per heavy atom. The molecule has 1 aromatic carbocycles. The molecule has 1 aromatic rings. The van der Waals surface area contributed by atoms with Crippen LogP contribution in [0.15, 0.2) is 24.3 Å². The van der Waals surface area contributed by atoms with Crippen molar-refractivity contribution in [3.8, 4) is 5.75 Å². The van der Waals surface area contributed by atoms with Gasteiger partial charge in [0.15, 0.2) is 0 Å². The van der Waals surface area contributed by atoms with Crippen molar-refractivity contribution >= 4 is 0 Å². The van der Waals surface area contributed by atoms with Gasteiger partial charge in [-0.1, -0.05) is 44.6 Å². The molecule has 2 heteroatoms. The van der Waals surface area contributed by atoms with Gasteiger partial charge in [0.25, 0.3) is 0 Å². The first-order chi connectivity index (χ1) is 8.34. The normalized spacial score (nSPS) is 14.9. The van der Waals surface area contributed by atoms with Gasteiger partial charge in [0, 0.05) is 6.07 Å². The summed E-state index contributed by atoms with van der Waals surface area (Å²) in [5, 5.41) is 0. The van der Waals surface area contributed by atoms with Crippen molar-refractivity contribution in [3.63, 3.8) is 0 Å². The van der Waals surface area contributed by atoms with Gasteiger partial charge in [-0.15, -0.1) is 0 Å². The lowest BCUT2D eigenvalue weighted by molar-refractivity contribution is 0.303. The van der Waals surface area contributed by atoms with Crippen LogP contribution in [0.25, 0.3) is 0 Å². The zero-order valence-corrected chi connectivity index (χ0v) is 10.3. The maximum Gasteiger partial charge on any atom is 0.126 e. The lowest BCUT2D eigenvalue weighted by Crippen LogP contribution is -1.97. The van der Waals surface area contributed by atoms with Crippen LogP contribution in [-0.4, -0.2) is 6.61 Å². The van der Waals surface area contributed by atoms with Gasteiger partial charge in [0.05, 0.1) is 6.61 Å². The highest BCUT2D eigenvalue weighted by Gasteiger charge is 2.19. The third-order valence-corrected chi connectivity index (χ3v) is 3.27. The van der Waals surface area contributed by atoms with E-state index in [0.29, 0.717) is 12.4 Å². The molecule has 0 aromatic heterocycles. The van der Waals surface area contributed by atoms with Crippen molar-refractivity contribution in [2.75, 3.05) is 6.61 Å². The van der Waals surface area contributed by atoms with Crippen LogP contribution in [0.2, 0.25) is 0 Å². The summed E-state index contributed by atoms with van der Waals surface area (Å²) < 4.78 is 18.3. The number of hydrogen-bond donors (Lipinski definition) is 0. The van der Waals surface area contributed by atoms with Gasteiger partial charge in [-0.25, -0.2) is 4.39 Å². The molecule has 0 heterocycles. The second-order valence-corrected chi connectivity index (χ2v) is 4.95. The molecular formula is C15H21FO. The largest absolute Gasteiger partial charge is 0.493 e. The average molecular weight is 236 g/mol. The van der Waals surface area contributed by atoms with Crippen LogP contribution in [0.5, 0.6) is 5.75 Å². The second kappa shape index (κ2) is 6.63. The molecule has 1 nitrogen and oxygen atoms in total. The smallest absolute Gasteiger partial charge is 0.126 e. The number of rotatable bonds is 8. The fourth-order valence-corrected chi connectivity index (χ4v) is 2.04. The molecule has 0 spiro atoms. The van der Waals surface area contributed by atoms with E-state index in [2.05, 4.69) is 0 Å². The van der Waals surface area contributed by atoms with E-state index >= 15 is 0 Å². The predicted octanol–water partition coefficient (Wildman–Crippen LogP) is 4.57. The molecule has 17 heavy (non-hydrogen) atoms. The summed E-state index contributed by atoms with van der Waals surface area (Å²) in [4.78, 5) is 0. The summed E-state index contributed by atoms with van der Waals surface area (Å²) in [5.41, 5.74) is 0. The summed E-state index contributed by atoms with van der Waals surface area (Å²) in [5.74, 6) is 1.47. The van der Waals surface area contributed by atoms with Crippen LogP contribution < -0.4 is 4.74 Å². The third kappa shape index (κ3) is 5.20. The van der Waals surface area contributed by atoms with E-state index in [9.17, 15) is 4.39 Å². The molecule has 0 atom stereocenters. The molecule has 0 saturated heterocycles. The predicted molar refractivity (Wildman–Crippen MR) is 67.7 cm³/mol. The lowest BCUT2D eigenvalue weighted by Gasteiger charge is -2.05. The first-order valence-electron chi connectivity index (χ1n) is 6.73. The van der Waals surface area contributed by atoms with E-state index < -0.39 is 0 Å². The molecule has 0 amide bonds. The van der Waals surface area contributed by atoms with Gasteiger partial charge in [0.2, 0.25) is 0 Å². The van der Waals surface area contributed by atoms with E-state index in [1.165, 1.54) is 50.7 Å². The maximum absolute atomic E-state index is 12.8. The fourth-order valence-electron chi connectivity index (χ4n) is 2.04. The maximum atomic E-state index is 12.8. The Bertz CT molecular complexity index is 333. The molecule has 1 saturated carbocycles. The number of benzene rings is 1. The van der Waals surface area contributed by atoms with Crippen LogP contribution in [0.1, 0.15) is 44.9 Å². The highest BCUT2D eigenvalue weighted by Crippen LogP contribution is 2.34. The minimum Gasteiger partial charge on any atom is -0.493 e. The number of hydrogen-bond acceptors (Lipinski definition) is 1. The molecule has 0 bridgehead atoms. The Balaban J connectivity index is 1.47. The van der Waals surface area contributed by atoms with E-state index in [1.54, 1.807) is 12.1 Å². The molecule has 0 aliphatic heterocycles. The second-order valence-electron chi connectivity index (χ2n) is 4.95. The Labute approximate surface area is 103 Å². The Hall–Kier alpha value is -1.05. The van der Waals surface area contributed by atoms with Crippen LogP contribution >= 0.6 is 0 Å². The number of unbranched alkanes of at least 4 members (excludes halogenated alkanes) is 3. The van der Waals surface area contributed by atoms with E-state index in [1.807, 2.05) is 0 Å². The summed E-state index contributed by atoms with van der Waals surface area (Å²) in [7, 11) is 0. The Morgan fingerprint density at radius 3 is 2.71 bits per heavy atom. The van der Waals surface area contributed by atoms with Gasteiger partial charge in [0.1, 0.15) is 11.6 Å². The SMILES string of the molecule is Fc1cccc(OCCCCCCC2CC2)c1. The molecule has 2 rings (SSSR count). The first kappa shape index (κ1) is 12.4. The number of ether oxygens (including phenoxy) is 1. The molecule has 0 N–H and O–H groups in total. The lowest BCUT2D eigenvalue weighted by atomic mass is 10.1. The van der Waals surface area contributed by atoms with Crippen LogP contribution in [-0.2, 0) is 0 Å². The van der Waals surface area contributed by atoms with Crippen LogP contribution in [0.4, 0.5) is 4.39 Å². The van der Waals surface area contributed by atoms with Gasteiger partial charge in [-0.2, -0.15) is 0 Å². The van der Waals surface area contributed by atoms with Crippen LogP contribution in [0.3, 0.4) is 0 Å². The third-order valence-electron chi connectivity index (χ3n) is 3.27. The molecule has 1 fully saturated rings. The molecular weight excluding hydrogens is 215 g/mol. The zero-order chi connectivity index (χ0) is 11.9. The van der Waals surface area contributed by atoms with Gasteiger partial charge >= 0.3 is 0 Å². The zero-order valence-electron chi connectivity index (χ0n) is 10.3. The molecule has 0 unspecified atom stereocenters. The molecule has 1 aliphatic rings. The minimum atomic E-state index is -0.230. The van der Waals surface area contributed by atoms with Crippen molar-refractivity contribution < 1.29 is 9.13 Å². The van der Waals surface area contributed by atoms with Gasteiger partial charge in [-0.3, -0.25) is 0 Å². The first-order valence-corrected chi connectivity index (χ1v) is 6.73. The Kier molecular flexibility index (Phi) is 4.84. The molecule has 94 valence electrons.